The van der Waals surface area contributed by atoms with Gasteiger partial charge in [0.15, 0.2) is 0 Å². The molecule has 3 aliphatic heterocycles. The number of anilines is 1. The van der Waals surface area contributed by atoms with E-state index in [0.29, 0.717) is 23.6 Å². The van der Waals surface area contributed by atoms with Gasteiger partial charge in [-0.3, -0.25) is 14.4 Å². The standard InChI is InChI=1S/C27H33ClN2O5S/c1-5-7-14-35-26(34)20-19-15-17(4)27(36-19)21(20)24(32)30(12-13-31)23(27)25(33)29(11-6-2)22-16(3)9-8-10-18(22)28/h5-6,8-10,17,19-21,23,31H,1-2,7,11-15H2,3-4H3/t17?,19-,20+,21+,23?,27?/m1/s1. The fraction of sp³-hybridized carbons (Fsp3) is 0.519. The summed E-state index contributed by atoms with van der Waals surface area (Å²) in [5, 5.41) is 10.2. The van der Waals surface area contributed by atoms with Crippen molar-refractivity contribution in [1.29, 1.82) is 0 Å². The van der Waals surface area contributed by atoms with Gasteiger partial charge in [0.1, 0.15) is 6.04 Å². The minimum absolute atomic E-state index is 0.00705. The van der Waals surface area contributed by atoms with Crippen LogP contribution in [0.15, 0.2) is 43.5 Å². The van der Waals surface area contributed by atoms with E-state index in [1.54, 1.807) is 34.9 Å². The van der Waals surface area contributed by atoms with Crippen LogP contribution >= 0.6 is 23.4 Å². The summed E-state index contributed by atoms with van der Waals surface area (Å²) < 4.78 is 4.71. The van der Waals surface area contributed by atoms with Crippen LogP contribution in [0.4, 0.5) is 5.69 Å². The first-order valence-corrected chi connectivity index (χ1v) is 13.5. The molecule has 0 radical (unpaired) electrons. The summed E-state index contributed by atoms with van der Waals surface area (Å²) in [4.78, 5) is 44.5. The number of halogens is 1. The molecule has 0 aliphatic carbocycles. The molecule has 6 atom stereocenters. The molecular weight excluding hydrogens is 500 g/mol. The number of aryl methyl sites for hydroxylation is 1. The maximum Gasteiger partial charge on any atom is 0.310 e. The second-order valence-electron chi connectivity index (χ2n) is 9.70. The van der Waals surface area contributed by atoms with E-state index < -0.39 is 28.6 Å². The number of carbonyl (C=O) groups excluding carboxylic acids is 3. The molecule has 3 unspecified atom stereocenters. The lowest BCUT2D eigenvalue weighted by Crippen LogP contribution is -2.57. The Balaban J connectivity index is 1.78. The van der Waals surface area contributed by atoms with Crippen molar-refractivity contribution in [2.24, 2.45) is 17.8 Å². The van der Waals surface area contributed by atoms with Gasteiger partial charge in [0.2, 0.25) is 5.91 Å². The number of hydrogen-bond donors (Lipinski definition) is 1. The number of thioether (sulfide) groups is 1. The molecule has 0 aromatic heterocycles. The Morgan fingerprint density at radius 2 is 2.11 bits per heavy atom. The van der Waals surface area contributed by atoms with Crippen LogP contribution in [-0.2, 0) is 19.1 Å². The number of para-hydroxylation sites is 1. The molecule has 2 bridgehead atoms. The molecule has 1 aromatic carbocycles. The zero-order valence-corrected chi connectivity index (χ0v) is 22.3. The third kappa shape index (κ3) is 4.07. The molecule has 1 N–H and O–H groups in total. The van der Waals surface area contributed by atoms with Crippen LogP contribution < -0.4 is 4.90 Å². The van der Waals surface area contributed by atoms with E-state index >= 15 is 0 Å². The lowest BCUT2D eigenvalue weighted by Gasteiger charge is -2.40. The van der Waals surface area contributed by atoms with Gasteiger partial charge >= 0.3 is 5.97 Å². The molecule has 36 heavy (non-hydrogen) atoms. The van der Waals surface area contributed by atoms with E-state index in [9.17, 15) is 19.5 Å². The van der Waals surface area contributed by atoms with Crippen molar-refractivity contribution in [2.75, 3.05) is 31.2 Å². The molecule has 3 aliphatic rings. The van der Waals surface area contributed by atoms with Crippen LogP contribution in [0, 0.1) is 24.7 Å². The highest BCUT2D eigenvalue weighted by atomic mass is 35.5. The zero-order valence-electron chi connectivity index (χ0n) is 20.7. The number of ether oxygens (including phenoxy) is 1. The van der Waals surface area contributed by atoms with Crippen molar-refractivity contribution in [3.05, 3.63) is 54.1 Å². The van der Waals surface area contributed by atoms with Gasteiger partial charge in [0, 0.05) is 18.3 Å². The number of rotatable bonds is 10. The summed E-state index contributed by atoms with van der Waals surface area (Å²) in [6, 6.07) is 4.58. The zero-order chi connectivity index (χ0) is 26.2. The maximum absolute atomic E-state index is 14.4. The molecule has 1 aromatic rings. The lowest BCUT2D eigenvalue weighted by atomic mass is 9.66. The number of esters is 1. The summed E-state index contributed by atoms with van der Waals surface area (Å²) >= 11 is 8.13. The molecule has 3 saturated heterocycles. The predicted octanol–water partition coefficient (Wildman–Crippen LogP) is 3.62. The largest absolute Gasteiger partial charge is 0.465 e. The van der Waals surface area contributed by atoms with Crippen LogP contribution in [-0.4, -0.2) is 70.1 Å². The molecule has 9 heteroatoms. The van der Waals surface area contributed by atoms with Crippen molar-refractivity contribution in [1.82, 2.24) is 4.90 Å². The average molecular weight is 533 g/mol. The van der Waals surface area contributed by atoms with Crippen LogP contribution in [0.2, 0.25) is 5.02 Å². The topological polar surface area (TPSA) is 87.1 Å². The van der Waals surface area contributed by atoms with Crippen molar-refractivity contribution in [2.45, 2.75) is 42.7 Å². The molecule has 1 spiro atoms. The van der Waals surface area contributed by atoms with Gasteiger partial charge in [0.25, 0.3) is 5.91 Å². The summed E-state index contributed by atoms with van der Waals surface area (Å²) in [6.45, 7) is 11.6. The number of nitrogens with zero attached hydrogens (tertiary/aromatic N) is 2. The van der Waals surface area contributed by atoms with Gasteiger partial charge in [-0.25, -0.2) is 0 Å². The molecule has 194 valence electrons. The Morgan fingerprint density at radius 3 is 2.75 bits per heavy atom. The van der Waals surface area contributed by atoms with Crippen LogP contribution in [0.1, 0.15) is 25.3 Å². The Morgan fingerprint density at radius 1 is 1.36 bits per heavy atom. The Bertz CT molecular complexity index is 1060. The van der Waals surface area contributed by atoms with Gasteiger partial charge in [-0.15, -0.1) is 24.9 Å². The first-order chi connectivity index (χ1) is 17.2. The summed E-state index contributed by atoms with van der Waals surface area (Å²) in [6.07, 6.45) is 4.54. The first-order valence-electron chi connectivity index (χ1n) is 12.3. The number of aliphatic hydroxyl groups is 1. The highest BCUT2D eigenvalue weighted by molar-refractivity contribution is 8.02. The van der Waals surface area contributed by atoms with Gasteiger partial charge < -0.3 is 19.6 Å². The number of fused-ring (bicyclic) bond motifs is 1. The van der Waals surface area contributed by atoms with E-state index in [4.69, 9.17) is 16.3 Å². The minimum atomic E-state index is -0.853. The third-order valence-corrected chi connectivity index (χ3v) is 10.1. The van der Waals surface area contributed by atoms with Gasteiger partial charge in [-0.2, -0.15) is 0 Å². The van der Waals surface area contributed by atoms with Crippen molar-refractivity contribution in [3.8, 4) is 0 Å². The number of aliphatic hydroxyl groups excluding tert-OH is 1. The number of amides is 2. The number of benzene rings is 1. The molecule has 3 heterocycles. The van der Waals surface area contributed by atoms with Crippen molar-refractivity contribution < 1.29 is 24.2 Å². The fourth-order valence-electron chi connectivity index (χ4n) is 6.29. The third-order valence-electron chi connectivity index (χ3n) is 7.69. The lowest BCUT2D eigenvalue weighted by molar-refractivity contribution is -0.154. The average Bonchev–Trinajstić information content (AvgIpc) is 3.42. The summed E-state index contributed by atoms with van der Waals surface area (Å²) in [5.74, 6) is -2.26. The van der Waals surface area contributed by atoms with Crippen LogP contribution in [0.3, 0.4) is 0 Å². The van der Waals surface area contributed by atoms with E-state index in [2.05, 4.69) is 13.2 Å². The van der Waals surface area contributed by atoms with E-state index in [1.165, 1.54) is 4.90 Å². The number of carbonyl (C=O) groups is 3. The van der Waals surface area contributed by atoms with Crippen molar-refractivity contribution >= 4 is 46.8 Å². The van der Waals surface area contributed by atoms with E-state index in [1.807, 2.05) is 26.0 Å². The minimum Gasteiger partial charge on any atom is -0.465 e. The SMILES string of the molecule is C=CCCOC(=O)[C@@H]1[C@H]2C(=O)N(CCO)C(C(=O)N(CC=C)c3c(C)cccc3Cl)C23S[C@@H]1CC3C. The molecule has 0 saturated carbocycles. The summed E-state index contributed by atoms with van der Waals surface area (Å²) in [7, 11) is 0. The van der Waals surface area contributed by atoms with Gasteiger partial charge in [0.05, 0.1) is 40.5 Å². The predicted molar refractivity (Wildman–Crippen MR) is 142 cm³/mol. The van der Waals surface area contributed by atoms with Gasteiger partial charge in [-0.1, -0.05) is 42.8 Å². The molecule has 3 fully saturated rings. The monoisotopic (exact) mass is 532 g/mol. The normalized spacial score (nSPS) is 30.3. The Hall–Kier alpha value is -2.29. The molecular formula is C27H33ClN2O5S. The smallest absolute Gasteiger partial charge is 0.310 e. The quantitative estimate of drug-likeness (QED) is 0.281. The highest BCUT2D eigenvalue weighted by Gasteiger charge is 2.76. The summed E-state index contributed by atoms with van der Waals surface area (Å²) in [5.41, 5.74) is 1.40. The van der Waals surface area contributed by atoms with Crippen molar-refractivity contribution in [3.63, 3.8) is 0 Å². The van der Waals surface area contributed by atoms with E-state index in [-0.39, 0.29) is 49.3 Å². The highest BCUT2D eigenvalue weighted by Crippen LogP contribution is 2.68. The Labute approximate surface area is 221 Å². The molecule has 2 amide bonds. The number of likely N-dealkylation sites (tertiary alicyclic amines) is 1. The number of hydrogen-bond acceptors (Lipinski definition) is 6. The van der Waals surface area contributed by atoms with Gasteiger partial charge in [-0.05, 0) is 37.3 Å². The first kappa shape index (κ1) is 26.8. The second-order valence-corrected chi connectivity index (χ2v) is 11.7. The number of β-amino-alcohol motifs (C(OH)–C–C–N with tert-alkyl or cyclic N) is 1. The molecule has 4 rings (SSSR count). The van der Waals surface area contributed by atoms with Crippen LogP contribution in [0.25, 0.3) is 0 Å². The maximum atomic E-state index is 14.4. The molecule has 7 nitrogen and oxygen atoms in total. The Kier molecular flexibility index (Phi) is 7.88. The fourth-order valence-corrected chi connectivity index (χ4v) is 9.02. The van der Waals surface area contributed by atoms with Crippen LogP contribution in [0.5, 0.6) is 0 Å². The van der Waals surface area contributed by atoms with E-state index in [0.717, 1.165) is 5.56 Å². The second kappa shape index (κ2) is 10.6.